The smallest absolute Gasteiger partial charge is 0.339 e. The maximum Gasteiger partial charge on any atom is 0.339 e. The fourth-order valence-electron chi connectivity index (χ4n) is 1.74. The van der Waals surface area contributed by atoms with E-state index in [0.717, 1.165) is 11.1 Å². The molecule has 0 spiro atoms. The topological polar surface area (TPSA) is 60.1 Å². The molecule has 0 fully saturated rings. The van der Waals surface area contributed by atoms with Crippen molar-refractivity contribution in [1.29, 1.82) is 0 Å². The number of hydrogen-bond donors (Lipinski definition) is 0. The largest absolute Gasteiger partial charge is 0.462 e. The van der Waals surface area contributed by atoms with Gasteiger partial charge in [0.1, 0.15) is 0 Å². The molecular weight excluding hydrogens is 220 g/mol. The summed E-state index contributed by atoms with van der Waals surface area (Å²) in [6, 6.07) is 5.26. The lowest BCUT2D eigenvalue weighted by Crippen LogP contribution is -2.05. The van der Waals surface area contributed by atoms with E-state index in [9.17, 15) is 9.70 Å². The van der Waals surface area contributed by atoms with Crippen LogP contribution in [0.1, 0.15) is 22.8 Å². The summed E-state index contributed by atoms with van der Waals surface area (Å²) in [5, 5.41) is 2.97. The van der Waals surface area contributed by atoms with Gasteiger partial charge in [0.15, 0.2) is 5.82 Å². The minimum absolute atomic E-state index is 0.311. The standard InChI is InChI=1S/C12H12N2O3/c1-3-17-12(15)9-4-5-10-6-8(2)11(13-16)14(10)7-9/h4-7H,3H2,1-2H3. The number of hydrogen-bond acceptors (Lipinski definition) is 4. The third kappa shape index (κ3) is 1.91. The molecule has 2 heterocycles. The average Bonchev–Trinajstić information content (AvgIpc) is 2.63. The third-order valence-electron chi connectivity index (χ3n) is 2.52. The van der Waals surface area contributed by atoms with Crippen molar-refractivity contribution in [1.82, 2.24) is 4.40 Å². The van der Waals surface area contributed by atoms with Crippen LogP contribution < -0.4 is 0 Å². The molecule has 0 aromatic carbocycles. The van der Waals surface area contributed by atoms with Gasteiger partial charge in [-0.05, 0) is 42.8 Å². The van der Waals surface area contributed by atoms with Crippen LogP contribution in [0, 0.1) is 11.8 Å². The van der Waals surface area contributed by atoms with Crippen molar-refractivity contribution < 1.29 is 9.53 Å². The van der Waals surface area contributed by atoms with E-state index in [1.807, 2.05) is 6.07 Å². The minimum Gasteiger partial charge on any atom is -0.462 e. The third-order valence-corrected chi connectivity index (χ3v) is 2.52. The highest BCUT2D eigenvalue weighted by molar-refractivity contribution is 5.89. The lowest BCUT2D eigenvalue weighted by molar-refractivity contribution is 0.0526. The van der Waals surface area contributed by atoms with Gasteiger partial charge in [0, 0.05) is 11.7 Å². The van der Waals surface area contributed by atoms with Crippen molar-refractivity contribution in [3.63, 3.8) is 0 Å². The lowest BCUT2D eigenvalue weighted by Gasteiger charge is -2.03. The van der Waals surface area contributed by atoms with Gasteiger partial charge in [0.05, 0.1) is 12.2 Å². The Kier molecular flexibility index (Phi) is 2.91. The van der Waals surface area contributed by atoms with Crippen LogP contribution in [0.15, 0.2) is 29.6 Å². The van der Waals surface area contributed by atoms with Crippen LogP contribution in [-0.4, -0.2) is 17.0 Å². The lowest BCUT2D eigenvalue weighted by atomic mass is 10.2. The number of carbonyl (C=O) groups is 1. The quantitative estimate of drug-likeness (QED) is 0.603. The zero-order valence-corrected chi connectivity index (χ0v) is 9.64. The van der Waals surface area contributed by atoms with Crippen LogP contribution in [0.3, 0.4) is 0 Å². The first-order valence-electron chi connectivity index (χ1n) is 5.29. The summed E-state index contributed by atoms with van der Waals surface area (Å²) >= 11 is 0. The van der Waals surface area contributed by atoms with Crippen molar-refractivity contribution in [3.8, 4) is 0 Å². The molecule has 17 heavy (non-hydrogen) atoms. The molecule has 5 nitrogen and oxygen atoms in total. The van der Waals surface area contributed by atoms with Gasteiger partial charge in [-0.15, -0.1) is 4.91 Å². The average molecular weight is 232 g/mol. The fraction of sp³-hybridized carbons (Fsp3) is 0.250. The monoisotopic (exact) mass is 232 g/mol. The molecule has 0 bridgehead atoms. The molecule has 0 aliphatic rings. The number of fused-ring (bicyclic) bond motifs is 1. The first-order chi connectivity index (χ1) is 8.17. The van der Waals surface area contributed by atoms with Crippen molar-refractivity contribution in [2.24, 2.45) is 5.18 Å². The number of ether oxygens (including phenoxy) is 1. The highest BCUT2D eigenvalue weighted by atomic mass is 16.5. The Morgan fingerprint density at radius 1 is 1.47 bits per heavy atom. The molecule has 0 saturated carbocycles. The molecule has 0 aliphatic heterocycles. The van der Waals surface area contributed by atoms with Crippen LogP contribution in [0.4, 0.5) is 5.82 Å². The predicted molar refractivity (Wildman–Crippen MR) is 63.5 cm³/mol. The maximum atomic E-state index is 11.6. The molecule has 2 aromatic rings. The maximum absolute atomic E-state index is 11.6. The van der Waals surface area contributed by atoms with Crippen LogP contribution in [-0.2, 0) is 4.74 Å². The van der Waals surface area contributed by atoms with E-state index in [0.29, 0.717) is 18.0 Å². The van der Waals surface area contributed by atoms with Gasteiger partial charge in [-0.2, -0.15) is 0 Å². The van der Waals surface area contributed by atoms with Gasteiger partial charge in [0.2, 0.25) is 0 Å². The summed E-state index contributed by atoms with van der Waals surface area (Å²) < 4.78 is 6.49. The Balaban J connectivity index is 2.55. The van der Waals surface area contributed by atoms with E-state index >= 15 is 0 Å². The van der Waals surface area contributed by atoms with E-state index < -0.39 is 5.97 Å². The second-order valence-electron chi connectivity index (χ2n) is 3.68. The van der Waals surface area contributed by atoms with Crippen molar-refractivity contribution in [2.45, 2.75) is 13.8 Å². The normalized spacial score (nSPS) is 10.5. The van der Waals surface area contributed by atoms with Gasteiger partial charge in [-0.25, -0.2) is 4.79 Å². The fourth-order valence-corrected chi connectivity index (χ4v) is 1.74. The summed E-state index contributed by atoms with van der Waals surface area (Å²) in [5.41, 5.74) is 2.01. The first kappa shape index (κ1) is 11.3. The zero-order valence-electron chi connectivity index (χ0n) is 9.64. The molecular formula is C12H12N2O3. The molecule has 0 amide bonds. The van der Waals surface area contributed by atoms with Crippen molar-refractivity contribution in [2.75, 3.05) is 6.61 Å². The van der Waals surface area contributed by atoms with Crippen LogP contribution in [0.25, 0.3) is 5.52 Å². The second kappa shape index (κ2) is 4.37. The van der Waals surface area contributed by atoms with Crippen LogP contribution in [0.2, 0.25) is 0 Å². The van der Waals surface area contributed by atoms with Gasteiger partial charge in [-0.3, -0.25) is 4.40 Å². The Labute approximate surface area is 98.0 Å². The highest BCUT2D eigenvalue weighted by Gasteiger charge is 2.11. The van der Waals surface area contributed by atoms with Gasteiger partial charge in [0.25, 0.3) is 0 Å². The summed E-state index contributed by atoms with van der Waals surface area (Å²) in [6.45, 7) is 3.86. The molecule has 0 aliphatic carbocycles. The number of nitroso groups, excluding NO2 is 1. The molecule has 0 atom stereocenters. The van der Waals surface area contributed by atoms with E-state index in [1.165, 1.54) is 0 Å². The molecule has 0 radical (unpaired) electrons. The number of carbonyl (C=O) groups excluding carboxylic acids is 1. The Morgan fingerprint density at radius 3 is 2.88 bits per heavy atom. The van der Waals surface area contributed by atoms with Crippen LogP contribution in [0.5, 0.6) is 0 Å². The van der Waals surface area contributed by atoms with E-state index in [4.69, 9.17) is 4.74 Å². The molecule has 0 unspecified atom stereocenters. The molecule has 88 valence electrons. The van der Waals surface area contributed by atoms with Gasteiger partial charge < -0.3 is 4.74 Å². The number of aryl methyl sites for hydroxylation is 1. The predicted octanol–water partition coefficient (Wildman–Crippen LogP) is 2.82. The zero-order chi connectivity index (χ0) is 12.4. The summed E-state index contributed by atoms with van der Waals surface area (Å²) in [6.07, 6.45) is 1.57. The number of rotatable bonds is 3. The first-order valence-corrected chi connectivity index (χ1v) is 5.29. The molecule has 2 rings (SSSR count). The van der Waals surface area contributed by atoms with E-state index in [2.05, 4.69) is 5.18 Å². The Bertz CT molecular complexity index is 587. The second-order valence-corrected chi connectivity index (χ2v) is 3.68. The molecule has 0 N–H and O–H groups in total. The van der Waals surface area contributed by atoms with E-state index in [1.54, 1.807) is 36.6 Å². The Morgan fingerprint density at radius 2 is 2.24 bits per heavy atom. The van der Waals surface area contributed by atoms with Gasteiger partial charge in [-0.1, -0.05) is 0 Å². The Hall–Kier alpha value is -2.17. The molecule has 5 heteroatoms. The number of aromatic nitrogens is 1. The van der Waals surface area contributed by atoms with Crippen molar-refractivity contribution >= 4 is 17.3 Å². The number of pyridine rings is 1. The molecule has 2 aromatic heterocycles. The number of nitrogens with zero attached hydrogens (tertiary/aromatic N) is 2. The van der Waals surface area contributed by atoms with E-state index in [-0.39, 0.29) is 0 Å². The summed E-state index contributed by atoms with van der Waals surface area (Å²) in [7, 11) is 0. The van der Waals surface area contributed by atoms with Crippen LogP contribution >= 0.6 is 0 Å². The SMILES string of the molecule is CCOC(=O)c1ccc2cc(C)c(N=O)n2c1. The van der Waals surface area contributed by atoms with Gasteiger partial charge >= 0.3 is 5.97 Å². The summed E-state index contributed by atoms with van der Waals surface area (Å²) in [4.78, 5) is 22.3. The summed E-state index contributed by atoms with van der Waals surface area (Å²) in [5.74, 6) is -0.0937. The number of esters is 1. The highest BCUT2D eigenvalue weighted by Crippen LogP contribution is 2.24. The minimum atomic E-state index is -0.405. The van der Waals surface area contributed by atoms with Crippen molar-refractivity contribution in [3.05, 3.63) is 40.4 Å². The molecule has 0 saturated heterocycles.